The van der Waals surface area contributed by atoms with E-state index in [0.29, 0.717) is 5.92 Å². The van der Waals surface area contributed by atoms with Crippen molar-refractivity contribution < 1.29 is 5.11 Å². The number of aromatic nitrogens is 2. The molecule has 0 amide bonds. The van der Waals surface area contributed by atoms with E-state index in [1.54, 1.807) is 0 Å². The first kappa shape index (κ1) is 13.1. The molecule has 0 saturated carbocycles. The van der Waals surface area contributed by atoms with Crippen molar-refractivity contribution in [1.29, 1.82) is 0 Å². The van der Waals surface area contributed by atoms with Crippen LogP contribution in [0, 0.1) is 5.92 Å². The molecule has 1 aromatic rings. The van der Waals surface area contributed by atoms with E-state index in [4.69, 9.17) is 0 Å². The van der Waals surface area contributed by atoms with Gasteiger partial charge in [-0.05, 0) is 12.8 Å². The van der Waals surface area contributed by atoms with Gasteiger partial charge in [0.25, 0.3) is 0 Å². The molecule has 5 heteroatoms. The molecule has 0 aromatic carbocycles. The maximum absolute atomic E-state index is 9.20. The van der Waals surface area contributed by atoms with Crippen LogP contribution in [0.2, 0.25) is 0 Å². The second-order valence-electron chi connectivity index (χ2n) is 4.81. The van der Waals surface area contributed by atoms with Gasteiger partial charge in [0.05, 0.1) is 0 Å². The standard InChI is InChI=1S/C13H22N4O/c1-3-4-11-15-12(14-2)7-13(16-11)17-6-5-10(8-17)9-18/h7,10,18H,3-6,8-9H2,1-2H3,(H,14,15,16). The molecule has 2 heterocycles. The van der Waals surface area contributed by atoms with E-state index in [1.807, 2.05) is 13.1 Å². The van der Waals surface area contributed by atoms with Crippen molar-refractivity contribution in [2.75, 3.05) is 37.0 Å². The Kier molecular flexibility index (Phi) is 4.36. The van der Waals surface area contributed by atoms with Crippen molar-refractivity contribution in [3.8, 4) is 0 Å². The fourth-order valence-electron chi connectivity index (χ4n) is 2.30. The lowest BCUT2D eigenvalue weighted by molar-refractivity contribution is 0.238. The average molecular weight is 250 g/mol. The van der Waals surface area contributed by atoms with Gasteiger partial charge in [0.1, 0.15) is 17.5 Å². The summed E-state index contributed by atoms with van der Waals surface area (Å²) < 4.78 is 0. The zero-order valence-electron chi connectivity index (χ0n) is 11.2. The van der Waals surface area contributed by atoms with Crippen LogP contribution in [0.15, 0.2) is 6.07 Å². The van der Waals surface area contributed by atoms with E-state index in [2.05, 4.69) is 27.1 Å². The van der Waals surface area contributed by atoms with Crippen LogP contribution >= 0.6 is 0 Å². The molecule has 0 bridgehead atoms. The summed E-state index contributed by atoms with van der Waals surface area (Å²) >= 11 is 0. The molecule has 2 rings (SSSR count). The van der Waals surface area contributed by atoms with Crippen LogP contribution in [0.4, 0.5) is 11.6 Å². The molecule has 1 aromatic heterocycles. The summed E-state index contributed by atoms with van der Waals surface area (Å²) in [5.74, 6) is 3.13. The SMILES string of the molecule is CCCc1nc(NC)cc(N2CCC(CO)C2)n1. The molecule has 0 spiro atoms. The van der Waals surface area contributed by atoms with Crippen LogP contribution in [0.25, 0.3) is 0 Å². The number of anilines is 2. The zero-order valence-corrected chi connectivity index (χ0v) is 11.2. The molecule has 1 aliphatic heterocycles. The lowest BCUT2D eigenvalue weighted by atomic mass is 10.1. The van der Waals surface area contributed by atoms with Gasteiger partial charge in [0.15, 0.2) is 0 Å². The molecule has 1 atom stereocenters. The molecular formula is C13H22N4O. The van der Waals surface area contributed by atoms with E-state index in [9.17, 15) is 5.11 Å². The third kappa shape index (κ3) is 2.90. The number of aliphatic hydroxyl groups excluding tert-OH is 1. The average Bonchev–Trinajstić information content (AvgIpc) is 2.87. The van der Waals surface area contributed by atoms with Crippen molar-refractivity contribution >= 4 is 11.6 Å². The maximum atomic E-state index is 9.20. The summed E-state index contributed by atoms with van der Waals surface area (Å²) in [6, 6.07) is 1.99. The van der Waals surface area contributed by atoms with Gasteiger partial charge in [-0.2, -0.15) is 0 Å². The number of hydrogen-bond acceptors (Lipinski definition) is 5. The van der Waals surface area contributed by atoms with Crippen LogP contribution in [0.1, 0.15) is 25.6 Å². The predicted octanol–water partition coefficient (Wildman–Crippen LogP) is 1.29. The van der Waals surface area contributed by atoms with Gasteiger partial charge in [-0.25, -0.2) is 9.97 Å². The highest BCUT2D eigenvalue weighted by Crippen LogP contribution is 2.23. The topological polar surface area (TPSA) is 61.3 Å². The number of aliphatic hydroxyl groups is 1. The van der Waals surface area contributed by atoms with Crippen LogP contribution < -0.4 is 10.2 Å². The minimum Gasteiger partial charge on any atom is -0.396 e. The third-order valence-electron chi connectivity index (χ3n) is 3.36. The van der Waals surface area contributed by atoms with Crippen LogP contribution in [0.5, 0.6) is 0 Å². The number of aryl methyl sites for hydroxylation is 1. The largest absolute Gasteiger partial charge is 0.396 e. The number of hydrogen-bond donors (Lipinski definition) is 2. The van der Waals surface area contributed by atoms with E-state index in [1.165, 1.54) is 0 Å². The minimum atomic E-state index is 0.266. The molecule has 5 nitrogen and oxygen atoms in total. The Morgan fingerprint density at radius 1 is 1.50 bits per heavy atom. The molecule has 1 fully saturated rings. The Bertz CT molecular complexity index is 397. The van der Waals surface area contributed by atoms with Gasteiger partial charge < -0.3 is 15.3 Å². The van der Waals surface area contributed by atoms with Crippen molar-refractivity contribution in [2.45, 2.75) is 26.2 Å². The van der Waals surface area contributed by atoms with Gasteiger partial charge in [0.2, 0.25) is 0 Å². The molecular weight excluding hydrogens is 228 g/mol. The van der Waals surface area contributed by atoms with Gasteiger partial charge in [-0.1, -0.05) is 6.92 Å². The summed E-state index contributed by atoms with van der Waals surface area (Å²) in [6.07, 6.45) is 2.99. The Balaban J connectivity index is 2.18. The minimum absolute atomic E-state index is 0.266. The predicted molar refractivity (Wildman–Crippen MR) is 73.0 cm³/mol. The molecule has 1 saturated heterocycles. The van der Waals surface area contributed by atoms with Crippen LogP contribution in [-0.2, 0) is 6.42 Å². The normalized spacial score (nSPS) is 19.3. The highest BCUT2D eigenvalue weighted by Gasteiger charge is 2.23. The fourth-order valence-corrected chi connectivity index (χ4v) is 2.30. The Morgan fingerprint density at radius 2 is 2.33 bits per heavy atom. The molecule has 0 aliphatic carbocycles. The second kappa shape index (κ2) is 6.00. The highest BCUT2D eigenvalue weighted by atomic mass is 16.3. The third-order valence-corrected chi connectivity index (χ3v) is 3.36. The fraction of sp³-hybridized carbons (Fsp3) is 0.692. The maximum Gasteiger partial charge on any atom is 0.134 e. The summed E-state index contributed by atoms with van der Waals surface area (Å²) in [5.41, 5.74) is 0. The van der Waals surface area contributed by atoms with E-state index in [0.717, 1.165) is 49.8 Å². The summed E-state index contributed by atoms with van der Waals surface area (Å²) in [7, 11) is 1.88. The van der Waals surface area contributed by atoms with Crippen molar-refractivity contribution in [1.82, 2.24) is 9.97 Å². The number of nitrogens with zero attached hydrogens (tertiary/aromatic N) is 3. The first-order valence-corrected chi connectivity index (χ1v) is 6.68. The summed E-state index contributed by atoms with van der Waals surface area (Å²) in [4.78, 5) is 11.3. The monoisotopic (exact) mass is 250 g/mol. The summed E-state index contributed by atoms with van der Waals surface area (Å²) in [5, 5.41) is 12.3. The molecule has 1 aliphatic rings. The Hall–Kier alpha value is -1.36. The van der Waals surface area contributed by atoms with Crippen LogP contribution in [-0.4, -0.2) is 41.8 Å². The van der Waals surface area contributed by atoms with Crippen LogP contribution in [0.3, 0.4) is 0 Å². The van der Waals surface area contributed by atoms with E-state index in [-0.39, 0.29) is 6.61 Å². The number of nitrogens with one attached hydrogen (secondary N) is 1. The molecule has 0 radical (unpaired) electrons. The Morgan fingerprint density at radius 3 is 2.94 bits per heavy atom. The quantitative estimate of drug-likeness (QED) is 0.824. The van der Waals surface area contributed by atoms with Gasteiger partial charge in [0, 0.05) is 45.1 Å². The van der Waals surface area contributed by atoms with E-state index < -0.39 is 0 Å². The summed E-state index contributed by atoms with van der Waals surface area (Å²) in [6.45, 7) is 4.26. The molecule has 100 valence electrons. The van der Waals surface area contributed by atoms with Gasteiger partial charge >= 0.3 is 0 Å². The first-order chi connectivity index (χ1) is 8.76. The van der Waals surface area contributed by atoms with Crippen molar-refractivity contribution in [3.63, 3.8) is 0 Å². The smallest absolute Gasteiger partial charge is 0.134 e. The van der Waals surface area contributed by atoms with Crippen molar-refractivity contribution in [2.24, 2.45) is 5.92 Å². The zero-order chi connectivity index (χ0) is 13.0. The second-order valence-corrected chi connectivity index (χ2v) is 4.81. The molecule has 2 N–H and O–H groups in total. The first-order valence-electron chi connectivity index (χ1n) is 6.68. The highest BCUT2D eigenvalue weighted by molar-refractivity contribution is 5.49. The van der Waals surface area contributed by atoms with Gasteiger partial charge in [-0.15, -0.1) is 0 Å². The lowest BCUT2D eigenvalue weighted by Gasteiger charge is -2.18. The Labute approximate surface area is 108 Å². The van der Waals surface area contributed by atoms with Gasteiger partial charge in [-0.3, -0.25) is 0 Å². The lowest BCUT2D eigenvalue weighted by Crippen LogP contribution is -2.22. The van der Waals surface area contributed by atoms with E-state index >= 15 is 0 Å². The molecule has 1 unspecified atom stereocenters. The van der Waals surface area contributed by atoms with Crippen molar-refractivity contribution in [3.05, 3.63) is 11.9 Å². The number of rotatable bonds is 5. The molecule has 18 heavy (non-hydrogen) atoms.